The highest BCUT2D eigenvalue weighted by atomic mass is 79.9. The smallest absolute Gasteiger partial charge is 0.356 e. The molecule has 7 heteroatoms. The SMILES string of the molecule is O=C(O)c1ccn(Cc2c(F)ccc(Br)c2F)n1. The molecule has 1 heterocycles. The average Bonchev–Trinajstić information content (AvgIpc) is 2.78. The van der Waals surface area contributed by atoms with Crippen LogP contribution in [-0.2, 0) is 6.54 Å². The lowest BCUT2D eigenvalue weighted by Crippen LogP contribution is -2.07. The molecule has 1 aromatic carbocycles. The summed E-state index contributed by atoms with van der Waals surface area (Å²) in [6.45, 7) is -0.176. The lowest BCUT2D eigenvalue weighted by atomic mass is 10.2. The summed E-state index contributed by atoms with van der Waals surface area (Å²) in [6, 6.07) is 3.65. The highest BCUT2D eigenvalue weighted by Crippen LogP contribution is 2.22. The number of hydrogen-bond donors (Lipinski definition) is 1. The summed E-state index contributed by atoms with van der Waals surface area (Å²) in [5.74, 6) is -2.62. The summed E-state index contributed by atoms with van der Waals surface area (Å²) < 4.78 is 28.4. The largest absolute Gasteiger partial charge is 0.476 e. The molecule has 0 aliphatic rings. The Labute approximate surface area is 109 Å². The van der Waals surface area contributed by atoms with Crippen LogP contribution >= 0.6 is 15.9 Å². The van der Waals surface area contributed by atoms with E-state index in [0.29, 0.717) is 0 Å². The molecule has 0 saturated heterocycles. The molecule has 18 heavy (non-hydrogen) atoms. The van der Waals surface area contributed by atoms with Crippen molar-refractivity contribution in [2.75, 3.05) is 0 Å². The first-order valence-corrected chi connectivity index (χ1v) is 5.67. The van der Waals surface area contributed by atoms with E-state index in [1.165, 1.54) is 18.3 Å². The number of nitrogens with zero attached hydrogens (tertiary/aromatic N) is 2. The van der Waals surface area contributed by atoms with Crippen molar-refractivity contribution >= 4 is 21.9 Å². The van der Waals surface area contributed by atoms with Crippen molar-refractivity contribution in [2.45, 2.75) is 6.54 Å². The minimum Gasteiger partial charge on any atom is -0.476 e. The van der Waals surface area contributed by atoms with Gasteiger partial charge < -0.3 is 5.11 Å². The first-order valence-electron chi connectivity index (χ1n) is 4.88. The van der Waals surface area contributed by atoms with Crippen molar-refractivity contribution in [3.63, 3.8) is 0 Å². The molecule has 0 radical (unpaired) electrons. The predicted molar refractivity (Wildman–Crippen MR) is 62.3 cm³/mol. The van der Waals surface area contributed by atoms with Crippen molar-refractivity contribution in [3.8, 4) is 0 Å². The second kappa shape index (κ2) is 4.85. The van der Waals surface area contributed by atoms with Crippen LogP contribution in [0.25, 0.3) is 0 Å². The molecule has 0 aliphatic carbocycles. The summed E-state index contributed by atoms with van der Waals surface area (Å²) in [5.41, 5.74) is -0.352. The topological polar surface area (TPSA) is 55.1 Å². The maximum Gasteiger partial charge on any atom is 0.356 e. The van der Waals surface area contributed by atoms with Gasteiger partial charge in [-0.3, -0.25) is 4.68 Å². The Hall–Kier alpha value is -1.76. The number of hydrogen-bond acceptors (Lipinski definition) is 2. The van der Waals surface area contributed by atoms with E-state index in [0.717, 1.165) is 10.7 Å². The second-order valence-electron chi connectivity index (χ2n) is 3.53. The molecular weight excluding hydrogens is 310 g/mol. The fourth-order valence-corrected chi connectivity index (χ4v) is 1.81. The van der Waals surface area contributed by atoms with Crippen molar-refractivity contribution in [2.24, 2.45) is 0 Å². The van der Waals surface area contributed by atoms with Gasteiger partial charge in [0.15, 0.2) is 5.69 Å². The number of carboxylic acid groups (broad SMARTS) is 1. The Morgan fingerprint density at radius 1 is 1.39 bits per heavy atom. The number of carbonyl (C=O) groups is 1. The molecule has 2 aromatic rings. The fourth-order valence-electron chi connectivity index (χ4n) is 1.44. The summed E-state index contributed by atoms with van der Waals surface area (Å²) in [6.07, 6.45) is 1.35. The van der Waals surface area contributed by atoms with E-state index in [-0.39, 0.29) is 22.3 Å². The van der Waals surface area contributed by atoms with Gasteiger partial charge in [0.2, 0.25) is 0 Å². The molecule has 0 atom stereocenters. The lowest BCUT2D eigenvalue weighted by Gasteiger charge is -2.06. The Kier molecular flexibility index (Phi) is 3.42. The Bertz CT molecular complexity index is 613. The average molecular weight is 317 g/mol. The maximum absolute atomic E-state index is 13.7. The normalized spacial score (nSPS) is 10.6. The van der Waals surface area contributed by atoms with Crippen molar-refractivity contribution in [1.82, 2.24) is 9.78 Å². The lowest BCUT2D eigenvalue weighted by molar-refractivity contribution is 0.0689. The van der Waals surface area contributed by atoms with Gasteiger partial charge in [0.1, 0.15) is 11.6 Å². The molecule has 1 N–H and O–H groups in total. The van der Waals surface area contributed by atoms with Gasteiger partial charge in [0, 0.05) is 11.8 Å². The molecule has 0 spiro atoms. The molecule has 0 amide bonds. The van der Waals surface area contributed by atoms with Gasteiger partial charge in [-0.25, -0.2) is 13.6 Å². The standard InChI is InChI=1S/C11H7BrF2N2O2/c12-7-1-2-8(13)6(10(7)14)5-16-4-3-9(15-16)11(17)18/h1-4H,5H2,(H,17,18). The predicted octanol–water partition coefficient (Wildman–Crippen LogP) is 2.67. The van der Waals surface area contributed by atoms with E-state index in [1.807, 2.05) is 0 Å². The zero-order chi connectivity index (χ0) is 13.3. The molecule has 94 valence electrons. The monoisotopic (exact) mass is 316 g/mol. The van der Waals surface area contributed by atoms with Crippen LogP contribution < -0.4 is 0 Å². The Morgan fingerprint density at radius 2 is 2.11 bits per heavy atom. The van der Waals surface area contributed by atoms with Crippen LogP contribution in [0.3, 0.4) is 0 Å². The van der Waals surface area contributed by atoms with E-state index in [9.17, 15) is 13.6 Å². The summed E-state index contributed by atoms with van der Waals surface area (Å²) in [4.78, 5) is 10.6. The second-order valence-corrected chi connectivity index (χ2v) is 4.38. The third-order valence-corrected chi connectivity index (χ3v) is 2.93. The fraction of sp³-hybridized carbons (Fsp3) is 0.0909. The van der Waals surface area contributed by atoms with Crippen molar-refractivity contribution < 1.29 is 18.7 Å². The number of halogens is 3. The summed E-state index contributed by atoms with van der Waals surface area (Å²) in [5, 5.41) is 12.4. The van der Waals surface area contributed by atoms with E-state index in [1.54, 1.807) is 0 Å². The molecule has 0 aliphatic heterocycles. The van der Waals surface area contributed by atoms with Crippen LogP contribution in [-0.4, -0.2) is 20.9 Å². The highest BCUT2D eigenvalue weighted by Gasteiger charge is 2.14. The maximum atomic E-state index is 13.7. The highest BCUT2D eigenvalue weighted by molar-refractivity contribution is 9.10. The summed E-state index contributed by atoms with van der Waals surface area (Å²) in [7, 11) is 0. The first kappa shape index (κ1) is 12.7. The van der Waals surface area contributed by atoms with Gasteiger partial charge >= 0.3 is 5.97 Å². The molecule has 1 aromatic heterocycles. The number of benzene rings is 1. The van der Waals surface area contributed by atoms with Gasteiger partial charge in [-0.2, -0.15) is 5.10 Å². The molecule has 0 fully saturated rings. The van der Waals surface area contributed by atoms with Crippen LogP contribution in [0.1, 0.15) is 16.1 Å². The van der Waals surface area contributed by atoms with Crippen molar-refractivity contribution in [1.29, 1.82) is 0 Å². The zero-order valence-corrected chi connectivity index (χ0v) is 10.5. The minimum atomic E-state index is -1.19. The quantitative estimate of drug-likeness (QED) is 0.886. The molecule has 2 rings (SSSR count). The van der Waals surface area contributed by atoms with Crippen LogP contribution in [0, 0.1) is 11.6 Å². The first-order chi connectivity index (χ1) is 8.49. The third-order valence-electron chi connectivity index (χ3n) is 2.32. The van der Waals surface area contributed by atoms with E-state index >= 15 is 0 Å². The number of carboxylic acids is 1. The van der Waals surface area contributed by atoms with E-state index in [4.69, 9.17) is 5.11 Å². The van der Waals surface area contributed by atoms with E-state index < -0.39 is 17.6 Å². The van der Waals surface area contributed by atoms with Crippen LogP contribution in [0.2, 0.25) is 0 Å². The van der Waals surface area contributed by atoms with Crippen LogP contribution in [0.4, 0.5) is 8.78 Å². The molecule has 0 unspecified atom stereocenters. The van der Waals surface area contributed by atoms with Crippen LogP contribution in [0.5, 0.6) is 0 Å². The van der Waals surface area contributed by atoms with Gasteiger partial charge in [0.05, 0.1) is 11.0 Å². The van der Waals surface area contributed by atoms with Gasteiger partial charge in [0.25, 0.3) is 0 Å². The number of aromatic carboxylic acids is 1. The number of rotatable bonds is 3. The zero-order valence-electron chi connectivity index (χ0n) is 8.90. The third kappa shape index (κ3) is 2.40. The van der Waals surface area contributed by atoms with Gasteiger partial charge in [-0.05, 0) is 34.1 Å². The minimum absolute atomic E-state index is 0.143. The Morgan fingerprint density at radius 3 is 2.72 bits per heavy atom. The molecule has 4 nitrogen and oxygen atoms in total. The van der Waals surface area contributed by atoms with Crippen molar-refractivity contribution in [3.05, 3.63) is 51.8 Å². The molecular formula is C11H7BrF2N2O2. The van der Waals surface area contributed by atoms with E-state index in [2.05, 4.69) is 21.0 Å². The molecule has 0 bridgehead atoms. The molecule has 0 saturated carbocycles. The van der Waals surface area contributed by atoms with Crippen LogP contribution in [0.15, 0.2) is 28.9 Å². The van der Waals surface area contributed by atoms with Gasteiger partial charge in [-0.15, -0.1) is 0 Å². The number of aromatic nitrogens is 2. The summed E-state index contributed by atoms with van der Waals surface area (Å²) >= 11 is 2.96. The van der Waals surface area contributed by atoms with Gasteiger partial charge in [-0.1, -0.05) is 0 Å². The Balaban J connectivity index is 2.33.